The lowest BCUT2D eigenvalue weighted by molar-refractivity contribution is 0.589. The number of pyridine rings is 1. The van der Waals surface area contributed by atoms with E-state index in [-0.39, 0.29) is 0 Å². The highest BCUT2D eigenvalue weighted by Crippen LogP contribution is 2.30. The molecule has 33 heavy (non-hydrogen) atoms. The van der Waals surface area contributed by atoms with Gasteiger partial charge in [0.05, 0.1) is 11.9 Å². The van der Waals surface area contributed by atoms with E-state index in [1.807, 2.05) is 31.3 Å². The first kappa shape index (κ1) is 21.0. The maximum Gasteiger partial charge on any atom is 0.227 e. The Kier molecular flexibility index (Phi) is 5.95. The van der Waals surface area contributed by atoms with Crippen LogP contribution >= 0.6 is 0 Å². The first-order valence-electron chi connectivity index (χ1n) is 11.0. The molecule has 0 atom stereocenters. The molecule has 168 valence electrons. The summed E-state index contributed by atoms with van der Waals surface area (Å²) in [6, 6.07) is 11.5. The molecule has 5 rings (SSSR count). The van der Waals surface area contributed by atoms with Crippen LogP contribution in [0, 0.1) is 5.82 Å². The van der Waals surface area contributed by atoms with Gasteiger partial charge in [-0.05, 0) is 43.3 Å². The molecule has 4 aromatic rings. The molecule has 3 aromatic heterocycles. The zero-order valence-electron chi connectivity index (χ0n) is 18.4. The maximum absolute atomic E-state index is 13.8. The Morgan fingerprint density at radius 1 is 1.09 bits per heavy atom. The second-order valence-electron chi connectivity index (χ2n) is 7.81. The second kappa shape index (κ2) is 9.33. The average Bonchev–Trinajstić information content (AvgIpc) is 3.30. The largest absolute Gasteiger partial charge is 0.369 e. The van der Waals surface area contributed by atoms with E-state index in [9.17, 15) is 4.39 Å². The molecule has 1 saturated heterocycles. The molecule has 4 heterocycles. The van der Waals surface area contributed by atoms with Crippen molar-refractivity contribution in [2.45, 2.75) is 13.5 Å². The molecule has 1 aliphatic rings. The molecule has 0 spiro atoms. The third kappa shape index (κ3) is 4.68. The molecular formula is C24H25FN8. The molecule has 0 aliphatic carbocycles. The highest BCUT2D eigenvalue weighted by Gasteiger charge is 2.16. The fraction of sp³-hybridized carbons (Fsp3) is 0.250. The number of hydrogen-bond acceptors (Lipinski definition) is 7. The average molecular weight is 445 g/mol. The number of halogens is 1. The minimum atomic E-state index is -0.404. The van der Waals surface area contributed by atoms with Crippen LogP contribution in [0.15, 0.2) is 61.2 Å². The summed E-state index contributed by atoms with van der Waals surface area (Å²) in [5.41, 5.74) is 4.84. The Morgan fingerprint density at radius 2 is 1.91 bits per heavy atom. The summed E-state index contributed by atoms with van der Waals surface area (Å²) in [4.78, 5) is 15.4. The molecule has 0 bridgehead atoms. The van der Waals surface area contributed by atoms with Gasteiger partial charge < -0.3 is 15.5 Å². The van der Waals surface area contributed by atoms with Gasteiger partial charge in [0.15, 0.2) is 0 Å². The Hall–Kier alpha value is -3.85. The number of piperazine rings is 1. The molecular weight excluding hydrogens is 419 g/mol. The van der Waals surface area contributed by atoms with E-state index in [0.29, 0.717) is 29.4 Å². The number of benzene rings is 1. The van der Waals surface area contributed by atoms with Crippen LogP contribution in [0.25, 0.3) is 22.5 Å². The van der Waals surface area contributed by atoms with E-state index in [4.69, 9.17) is 4.98 Å². The van der Waals surface area contributed by atoms with Crippen molar-refractivity contribution in [1.82, 2.24) is 30.0 Å². The molecule has 1 aromatic carbocycles. The molecule has 9 heteroatoms. The minimum Gasteiger partial charge on any atom is -0.369 e. The highest BCUT2D eigenvalue weighted by molar-refractivity contribution is 5.78. The van der Waals surface area contributed by atoms with Gasteiger partial charge in [-0.25, -0.2) is 14.4 Å². The summed E-state index contributed by atoms with van der Waals surface area (Å²) in [6.45, 7) is 6.71. The summed E-state index contributed by atoms with van der Waals surface area (Å²) in [5, 5.41) is 11.3. The zero-order chi connectivity index (χ0) is 22.6. The normalized spacial score (nSPS) is 13.8. The van der Waals surface area contributed by atoms with Crippen molar-refractivity contribution in [1.29, 1.82) is 0 Å². The fourth-order valence-electron chi connectivity index (χ4n) is 3.90. The number of nitrogens with zero attached hydrogens (tertiary/aromatic N) is 6. The number of aryl methyl sites for hydroxylation is 1. The molecule has 2 N–H and O–H groups in total. The van der Waals surface area contributed by atoms with E-state index in [2.05, 4.69) is 42.7 Å². The van der Waals surface area contributed by atoms with Crippen LogP contribution in [0.3, 0.4) is 0 Å². The van der Waals surface area contributed by atoms with Gasteiger partial charge in [-0.1, -0.05) is 0 Å². The van der Waals surface area contributed by atoms with Crippen LogP contribution in [-0.4, -0.2) is 50.9 Å². The SMILES string of the molecule is CCn1cc(-c2ccnc(Nc3ccc(N4CCNCC4)cc3)n2)c(-c2cncc(F)c2)n1. The van der Waals surface area contributed by atoms with E-state index >= 15 is 0 Å². The van der Waals surface area contributed by atoms with Gasteiger partial charge in [0.2, 0.25) is 5.95 Å². The number of aromatic nitrogens is 5. The van der Waals surface area contributed by atoms with Crippen molar-refractivity contribution in [3.05, 3.63) is 67.0 Å². The van der Waals surface area contributed by atoms with Gasteiger partial charge in [0.1, 0.15) is 11.5 Å². The summed E-state index contributed by atoms with van der Waals surface area (Å²) in [7, 11) is 0. The smallest absolute Gasteiger partial charge is 0.227 e. The predicted octanol–water partition coefficient (Wildman–Crippen LogP) is 3.71. The Balaban J connectivity index is 1.40. The lowest BCUT2D eigenvalue weighted by Crippen LogP contribution is -2.43. The van der Waals surface area contributed by atoms with Crippen LogP contribution in [0.4, 0.5) is 21.7 Å². The standard InChI is InChI=1S/C24H25FN8/c1-2-33-16-21(23(31-33)17-13-18(25)15-27-14-17)22-7-8-28-24(30-22)29-19-3-5-20(6-4-19)32-11-9-26-10-12-32/h3-8,13-16,26H,2,9-12H2,1H3,(H,28,29,30). The van der Waals surface area contributed by atoms with Crippen molar-refractivity contribution in [3.8, 4) is 22.5 Å². The summed E-state index contributed by atoms with van der Waals surface area (Å²) < 4.78 is 15.6. The summed E-state index contributed by atoms with van der Waals surface area (Å²) >= 11 is 0. The Labute approximate surface area is 191 Å². The molecule has 1 fully saturated rings. The van der Waals surface area contributed by atoms with Crippen molar-refractivity contribution in [2.24, 2.45) is 0 Å². The quantitative estimate of drug-likeness (QED) is 0.469. The number of hydrogen-bond donors (Lipinski definition) is 2. The van der Waals surface area contributed by atoms with Crippen molar-refractivity contribution in [3.63, 3.8) is 0 Å². The van der Waals surface area contributed by atoms with Gasteiger partial charge in [-0.3, -0.25) is 9.67 Å². The molecule has 0 radical (unpaired) electrons. The first-order chi connectivity index (χ1) is 16.2. The number of anilines is 3. The topological polar surface area (TPSA) is 83.8 Å². The predicted molar refractivity (Wildman–Crippen MR) is 127 cm³/mol. The monoisotopic (exact) mass is 444 g/mol. The fourth-order valence-corrected chi connectivity index (χ4v) is 3.90. The molecule has 0 amide bonds. The third-order valence-electron chi connectivity index (χ3n) is 5.60. The second-order valence-corrected chi connectivity index (χ2v) is 7.81. The summed E-state index contributed by atoms with van der Waals surface area (Å²) in [5.74, 6) is 0.0776. The van der Waals surface area contributed by atoms with Crippen LogP contribution in [0.2, 0.25) is 0 Å². The first-order valence-corrected chi connectivity index (χ1v) is 11.0. The van der Waals surface area contributed by atoms with Crippen molar-refractivity contribution >= 4 is 17.3 Å². The van der Waals surface area contributed by atoms with Gasteiger partial charge in [-0.2, -0.15) is 5.10 Å². The lowest BCUT2D eigenvalue weighted by Gasteiger charge is -2.29. The van der Waals surface area contributed by atoms with Crippen LogP contribution in [0.5, 0.6) is 0 Å². The van der Waals surface area contributed by atoms with Gasteiger partial charge >= 0.3 is 0 Å². The number of nitrogens with one attached hydrogen (secondary N) is 2. The van der Waals surface area contributed by atoms with Gasteiger partial charge in [0, 0.05) is 73.8 Å². The highest BCUT2D eigenvalue weighted by atomic mass is 19.1. The maximum atomic E-state index is 13.8. The van der Waals surface area contributed by atoms with E-state index < -0.39 is 5.82 Å². The Bertz CT molecular complexity index is 1230. The number of rotatable bonds is 6. The minimum absolute atomic E-state index is 0.404. The molecule has 1 aliphatic heterocycles. The van der Waals surface area contributed by atoms with Crippen LogP contribution < -0.4 is 15.5 Å². The van der Waals surface area contributed by atoms with Gasteiger partial charge in [0.25, 0.3) is 0 Å². The third-order valence-corrected chi connectivity index (χ3v) is 5.60. The van der Waals surface area contributed by atoms with Crippen LogP contribution in [0.1, 0.15) is 6.92 Å². The van der Waals surface area contributed by atoms with E-state index in [1.165, 1.54) is 18.0 Å². The van der Waals surface area contributed by atoms with Crippen molar-refractivity contribution in [2.75, 3.05) is 36.4 Å². The molecule has 0 unspecified atom stereocenters. The van der Waals surface area contributed by atoms with E-state index in [1.54, 1.807) is 17.1 Å². The van der Waals surface area contributed by atoms with Crippen molar-refractivity contribution < 1.29 is 4.39 Å². The Morgan fingerprint density at radius 3 is 2.67 bits per heavy atom. The van der Waals surface area contributed by atoms with Crippen LogP contribution in [-0.2, 0) is 6.54 Å². The lowest BCUT2D eigenvalue weighted by atomic mass is 10.1. The van der Waals surface area contributed by atoms with Gasteiger partial charge in [-0.15, -0.1) is 0 Å². The van der Waals surface area contributed by atoms with E-state index in [0.717, 1.165) is 37.4 Å². The zero-order valence-corrected chi connectivity index (χ0v) is 18.4. The summed E-state index contributed by atoms with van der Waals surface area (Å²) in [6.07, 6.45) is 6.40. The molecule has 0 saturated carbocycles. The molecule has 8 nitrogen and oxygen atoms in total.